The highest BCUT2D eigenvalue weighted by molar-refractivity contribution is 5.94. The molecule has 4 nitrogen and oxygen atoms in total. The number of nitrogens with zero attached hydrogens (tertiary/aromatic N) is 2. The van der Waals surface area contributed by atoms with Crippen molar-refractivity contribution in [1.29, 1.82) is 5.26 Å². The summed E-state index contributed by atoms with van der Waals surface area (Å²) in [6.45, 7) is 3.87. The molecule has 1 N–H and O–H groups in total. The van der Waals surface area contributed by atoms with Crippen molar-refractivity contribution in [3.63, 3.8) is 0 Å². The number of aromatic amines is 1. The number of para-hydroxylation sites is 1. The van der Waals surface area contributed by atoms with Crippen LogP contribution in [0.5, 0.6) is 0 Å². The molecule has 2 aromatic carbocycles. The molecular weight excluding hydrogens is 334 g/mol. The number of fused-ring (bicyclic) bond motifs is 1. The number of amides is 1. The number of aromatic nitrogens is 1. The van der Waals surface area contributed by atoms with E-state index < -0.39 is 0 Å². The number of allylic oxidation sites excluding steroid dienone is 2. The van der Waals surface area contributed by atoms with Gasteiger partial charge in [-0.05, 0) is 44.0 Å². The monoisotopic (exact) mass is 357 g/mol. The first-order valence-electron chi connectivity index (χ1n) is 9.04. The molecule has 4 heteroatoms. The summed E-state index contributed by atoms with van der Waals surface area (Å²) in [4.78, 5) is 17.5. The fourth-order valence-electron chi connectivity index (χ4n) is 3.11. The Kier molecular flexibility index (Phi) is 5.42. The van der Waals surface area contributed by atoms with Crippen molar-refractivity contribution in [2.45, 2.75) is 26.7 Å². The van der Waals surface area contributed by atoms with Crippen LogP contribution in [-0.4, -0.2) is 22.8 Å². The van der Waals surface area contributed by atoms with Gasteiger partial charge in [0, 0.05) is 35.8 Å². The number of nitriles is 1. The molecule has 136 valence electrons. The van der Waals surface area contributed by atoms with Gasteiger partial charge in [-0.25, -0.2) is 0 Å². The van der Waals surface area contributed by atoms with Crippen LogP contribution in [0, 0.1) is 11.3 Å². The molecule has 27 heavy (non-hydrogen) atoms. The zero-order valence-electron chi connectivity index (χ0n) is 15.9. The molecule has 1 aromatic heterocycles. The predicted molar refractivity (Wildman–Crippen MR) is 109 cm³/mol. The Bertz CT molecular complexity index is 1040. The summed E-state index contributed by atoms with van der Waals surface area (Å²) in [5.74, 6) is 0.108. The average molecular weight is 357 g/mol. The highest BCUT2D eigenvalue weighted by atomic mass is 16.2. The van der Waals surface area contributed by atoms with Crippen molar-refractivity contribution in [3.8, 4) is 17.2 Å². The van der Waals surface area contributed by atoms with Crippen LogP contribution in [0.3, 0.4) is 0 Å². The Labute approximate surface area is 159 Å². The van der Waals surface area contributed by atoms with Crippen LogP contribution in [0.4, 0.5) is 0 Å². The van der Waals surface area contributed by atoms with Gasteiger partial charge in [-0.1, -0.05) is 36.4 Å². The number of nitrogens with one attached hydrogen (secondary N) is 1. The van der Waals surface area contributed by atoms with Gasteiger partial charge in [0.25, 0.3) is 0 Å². The van der Waals surface area contributed by atoms with E-state index in [0.29, 0.717) is 18.4 Å². The highest BCUT2D eigenvalue weighted by Gasteiger charge is 2.12. The lowest BCUT2D eigenvalue weighted by Gasteiger charge is -2.17. The molecule has 0 aliphatic heterocycles. The van der Waals surface area contributed by atoms with Crippen LogP contribution >= 0.6 is 0 Å². The van der Waals surface area contributed by atoms with Gasteiger partial charge in [-0.2, -0.15) is 5.26 Å². The van der Waals surface area contributed by atoms with E-state index >= 15 is 0 Å². The number of carbonyl (C=O) groups excluding carboxylic acids is 1. The Morgan fingerprint density at radius 3 is 2.63 bits per heavy atom. The Balaban J connectivity index is 1.83. The molecule has 3 aromatic rings. The van der Waals surface area contributed by atoms with Crippen LogP contribution in [0.15, 0.2) is 60.3 Å². The topological polar surface area (TPSA) is 59.9 Å². The largest absolute Gasteiger partial charge is 0.358 e. The van der Waals surface area contributed by atoms with Gasteiger partial charge in [0.1, 0.15) is 0 Å². The van der Waals surface area contributed by atoms with E-state index in [1.165, 1.54) is 0 Å². The Hall–Kier alpha value is -3.32. The number of benzene rings is 2. The fourth-order valence-corrected chi connectivity index (χ4v) is 3.11. The molecule has 0 fully saturated rings. The van der Waals surface area contributed by atoms with Crippen LogP contribution in [0.1, 0.15) is 31.5 Å². The van der Waals surface area contributed by atoms with Crippen molar-refractivity contribution >= 4 is 16.8 Å². The molecule has 0 radical (unpaired) electrons. The predicted octanol–water partition coefficient (Wildman–Crippen LogP) is 5.02. The molecule has 0 aliphatic carbocycles. The molecule has 0 saturated carbocycles. The van der Waals surface area contributed by atoms with E-state index in [9.17, 15) is 4.79 Å². The summed E-state index contributed by atoms with van der Waals surface area (Å²) >= 11 is 0. The quantitative estimate of drug-likeness (QED) is 0.697. The molecule has 1 amide bonds. The number of carbonyl (C=O) groups is 1. The van der Waals surface area contributed by atoms with Gasteiger partial charge in [0.05, 0.1) is 17.1 Å². The summed E-state index contributed by atoms with van der Waals surface area (Å²) in [6.07, 6.45) is 3.06. The number of hydrogen-bond acceptors (Lipinski definition) is 2. The molecular formula is C23H23N3O. The minimum atomic E-state index is 0.108. The second kappa shape index (κ2) is 7.92. The highest BCUT2D eigenvalue weighted by Crippen LogP contribution is 2.29. The average Bonchev–Trinajstić information content (AvgIpc) is 3.14. The second-order valence-electron chi connectivity index (χ2n) is 6.64. The smallest absolute Gasteiger partial charge is 0.226 e. The summed E-state index contributed by atoms with van der Waals surface area (Å²) in [5, 5.41) is 10.1. The van der Waals surface area contributed by atoms with Crippen molar-refractivity contribution in [1.82, 2.24) is 9.88 Å². The Morgan fingerprint density at radius 1 is 1.22 bits per heavy atom. The van der Waals surface area contributed by atoms with Gasteiger partial charge in [-0.15, -0.1) is 0 Å². The van der Waals surface area contributed by atoms with Gasteiger partial charge >= 0.3 is 0 Å². The fraction of sp³-hybridized carbons (Fsp3) is 0.217. The summed E-state index contributed by atoms with van der Waals surface area (Å²) in [5.41, 5.74) is 5.87. The number of H-pyrrole nitrogens is 1. The van der Waals surface area contributed by atoms with Crippen LogP contribution in [0.2, 0.25) is 0 Å². The normalized spacial score (nSPS) is 11.4. The molecule has 0 atom stereocenters. The molecule has 0 aliphatic rings. The minimum Gasteiger partial charge on any atom is -0.358 e. The van der Waals surface area contributed by atoms with Crippen molar-refractivity contribution in [3.05, 3.63) is 71.6 Å². The first-order valence-corrected chi connectivity index (χ1v) is 9.04. The van der Waals surface area contributed by atoms with Crippen molar-refractivity contribution < 1.29 is 4.79 Å². The number of hydrogen-bond donors (Lipinski definition) is 1. The SMILES string of the molecule is C/C=C(/C)N(C)C(=O)CCc1cc2cccc(-c3ccc(C#N)cc3)c2[nH]1. The van der Waals surface area contributed by atoms with Gasteiger partial charge in [0.2, 0.25) is 5.91 Å². The zero-order chi connectivity index (χ0) is 19.4. The van der Waals surface area contributed by atoms with E-state index in [0.717, 1.165) is 33.4 Å². The van der Waals surface area contributed by atoms with E-state index in [4.69, 9.17) is 5.26 Å². The summed E-state index contributed by atoms with van der Waals surface area (Å²) < 4.78 is 0. The maximum absolute atomic E-state index is 12.3. The molecule has 0 unspecified atom stereocenters. The number of rotatable bonds is 5. The van der Waals surface area contributed by atoms with Gasteiger partial charge in [0.15, 0.2) is 0 Å². The summed E-state index contributed by atoms with van der Waals surface area (Å²) in [6, 6.07) is 18.0. The lowest BCUT2D eigenvalue weighted by atomic mass is 10.0. The van der Waals surface area contributed by atoms with E-state index in [-0.39, 0.29) is 5.91 Å². The lowest BCUT2D eigenvalue weighted by molar-refractivity contribution is -0.128. The second-order valence-corrected chi connectivity index (χ2v) is 6.64. The lowest BCUT2D eigenvalue weighted by Crippen LogP contribution is -2.25. The van der Waals surface area contributed by atoms with Crippen molar-refractivity contribution in [2.75, 3.05) is 7.05 Å². The molecule has 3 rings (SSSR count). The standard InChI is InChI=1S/C23H23N3O/c1-4-16(2)26(3)22(27)13-12-20-14-19-6-5-7-21(23(19)25-20)18-10-8-17(15-24)9-11-18/h4-11,14,25H,12-13H2,1-3H3/b16-4-. The van der Waals surface area contributed by atoms with E-state index in [2.05, 4.69) is 29.3 Å². The minimum absolute atomic E-state index is 0.108. The van der Waals surface area contributed by atoms with Crippen LogP contribution in [0.25, 0.3) is 22.0 Å². The third-order valence-electron chi connectivity index (χ3n) is 4.97. The molecule has 0 bridgehead atoms. The maximum atomic E-state index is 12.3. The third kappa shape index (κ3) is 3.93. The van der Waals surface area contributed by atoms with Crippen molar-refractivity contribution in [2.24, 2.45) is 0 Å². The van der Waals surface area contributed by atoms with Crippen LogP contribution < -0.4 is 0 Å². The maximum Gasteiger partial charge on any atom is 0.226 e. The molecule has 1 heterocycles. The molecule has 0 spiro atoms. The van der Waals surface area contributed by atoms with Gasteiger partial charge in [-0.3, -0.25) is 4.79 Å². The zero-order valence-corrected chi connectivity index (χ0v) is 15.9. The van der Waals surface area contributed by atoms with Crippen LogP contribution in [-0.2, 0) is 11.2 Å². The van der Waals surface area contributed by atoms with E-state index in [1.54, 1.807) is 4.90 Å². The molecule has 0 saturated heterocycles. The third-order valence-corrected chi connectivity index (χ3v) is 4.97. The summed E-state index contributed by atoms with van der Waals surface area (Å²) in [7, 11) is 1.81. The van der Waals surface area contributed by atoms with Gasteiger partial charge < -0.3 is 9.88 Å². The first-order chi connectivity index (χ1) is 13.0. The van der Waals surface area contributed by atoms with E-state index in [1.807, 2.05) is 57.3 Å². The Morgan fingerprint density at radius 2 is 1.96 bits per heavy atom. The number of aryl methyl sites for hydroxylation is 1. The first kappa shape index (κ1) is 18.5.